The minimum atomic E-state index is -0.327. The summed E-state index contributed by atoms with van der Waals surface area (Å²) in [6.07, 6.45) is 0. The van der Waals surface area contributed by atoms with Crippen LogP contribution in [0.3, 0.4) is 0 Å². The number of benzene rings is 1. The fraction of sp³-hybridized carbons (Fsp3) is 0.538. The van der Waals surface area contributed by atoms with Crippen LogP contribution < -0.4 is 10.8 Å². The third kappa shape index (κ3) is 2.27. The van der Waals surface area contributed by atoms with Crippen molar-refractivity contribution in [1.82, 2.24) is 0 Å². The second kappa shape index (κ2) is 4.47. The lowest BCUT2D eigenvalue weighted by molar-refractivity contribution is 0.00578. The Morgan fingerprint density at radius 1 is 1.11 bits per heavy atom. The van der Waals surface area contributed by atoms with Crippen molar-refractivity contribution in [3.63, 3.8) is 0 Å². The van der Waals surface area contributed by atoms with Crippen molar-refractivity contribution < 1.29 is 9.31 Å². The van der Waals surface area contributed by atoms with Crippen LogP contribution >= 0.6 is 12.6 Å². The van der Waals surface area contributed by atoms with Gasteiger partial charge in [0.1, 0.15) is 0 Å². The summed E-state index contributed by atoms with van der Waals surface area (Å²) in [4.78, 5) is 0.893. The van der Waals surface area contributed by atoms with E-state index in [-0.39, 0.29) is 18.3 Å². The van der Waals surface area contributed by atoms with Crippen LogP contribution in [0.1, 0.15) is 27.7 Å². The van der Waals surface area contributed by atoms with Gasteiger partial charge in [-0.3, -0.25) is 0 Å². The smallest absolute Gasteiger partial charge is 0.399 e. The zero-order valence-corrected chi connectivity index (χ0v) is 12.5. The molecule has 1 heterocycles. The summed E-state index contributed by atoms with van der Waals surface area (Å²) in [6.45, 7) is 8.21. The summed E-state index contributed by atoms with van der Waals surface area (Å²) in [7, 11) is 1.55. The van der Waals surface area contributed by atoms with Gasteiger partial charge in [0.15, 0.2) is 0 Å². The molecule has 0 saturated carbocycles. The molecule has 1 aromatic rings. The first-order chi connectivity index (χ1) is 8.27. The van der Waals surface area contributed by atoms with E-state index in [0.717, 1.165) is 16.0 Å². The minimum Gasteiger partial charge on any atom is -0.399 e. The number of hydrogen-bond donors (Lipinski definition) is 2. The van der Waals surface area contributed by atoms with Crippen molar-refractivity contribution in [2.45, 2.75) is 43.8 Å². The van der Waals surface area contributed by atoms with Crippen LogP contribution in [-0.2, 0) is 9.31 Å². The lowest BCUT2D eigenvalue weighted by Crippen LogP contribution is -2.41. The zero-order valence-electron chi connectivity index (χ0n) is 11.6. The van der Waals surface area contributed by atoms with Crippen molar-refractivity contribution >= 4 is 30.9 Å². The summed E-state index contributed by atoms with van der Waals surface area (Å²) in [5.74, 6) is 0. The Hall–Kier alpha value is -0.645. The highest BCUT2D eigenvalue weighted by molar-refractivity contribution is 7.80. The average Bonchev–Trinajstić information content (AvgIpc) is 2.48. The highest BCUT2D eigenvalue weighted by Gasteiger charge is 2.51. The molecular weight excluding hydrogens is 245 g/mol. The van der Waals surface area contributed by atoms with E-state index >= 15 is 0 Å². The van der Waals surface area contributed by atoms with Crippen LogP contribution in [0, 0.1) is 0 Å². The first-order valence-electron chi connectivity index (χ1n) is 6.13. The van der Waals surface area contributed by atoms with Gasteiger partial charge in [0.2, 0.25) is 0 Å². The fourth-order valence-corrected chi connectivity index (χ4v) is 2.22. The summed E-state index contributed by atoms with van der Waals surface area (Å²) in [6, 6.07) is 5.98. The van der Waals surface area contributed by atoms with Crippen molar-refractivity contribution in [2.75, 3.05) is 12.4 Å². The van der Waals surface area contributed by atoms with Crippen LogP contribution in [0.15, 0.2) is 23.1 Å². The second-order valence-electron chi connectivity index (χ2n) is 5.61. The SMILES string of the molecule is CNc1ccc(B2OC(C)(C)C(C)(C)O2)cc1S. The molecule has 1 aromatic carbocycles. The molecule has 1 fully saturated rings. The molecule has 0 atom stereocenters. The maximum atomic E-state index is 6.00. The van der Waals surface area contributed by atoms with E-state index < -0.39 is 0 Å². The lowest BCUT2D eigenvalue weighted by Gasteiger charge is -2.32. The maximum absolute atomic E-state index is 6.00. The van der Waals surface area contributed by atoms with Crippen LogP contribution in [-0.4, -0.2) is 25.4 Å². The molecule has 0 aliphatic carbocycles. The van der Waals surface area contributed by atoms with E-state index in [4.69, 9.17) is 9.31 Å². The topological polar surface area (TPSA) is 30.5 Å². The number of hydrogen-bond acceptors (Lipinski definition) is 4. The van der Waals surface area contributed by atoms with Gasteiger partial charge >= 0.3 is 7.12 Å². The number of nitrogens with one attached hydrogen (secondary N) is 1. The Balaban J connectivity index is 2.27. The lowest BCUT2D eigenvalue weighted by atomic mass is 9.79. The first kappa shape index (κ1) is 13.8. The molecule has 3 nitrogen and oxygen atoms in total. The van der Waals surface area contributed by atoms with Crippen LogP contribution in [0.25, 0.3) is 0 Å². The molecule has 0 unspecified atom stereocenters. The molecule has 0 amide bonds. The van der Waals surface area contributed by atoms with E-state index in [0.29, 0.717) is 0 Å². The van der Waals surface area contributed by atoms with Gasteiger partial charge in [-0.2, -0.15) is 0 Å². The summed E-state index contributed by atoms with van der Waals surface area (Å²) in [5.41, 5.74) is 1.38. The molecule has 0 spiro atoms. The van der Waals surface area contributed by atoms with E-state index in [1.807, 2.05) is 25.2 Å². The minimum absolute atomic E-state index is 0.309. The Labute approximate surface area is 115 Å². The van der Waals surface area contributed by atoms with Gasteiger partial charge in [-0.05, 0) is 45.3 Å². The molecule has 0 radical (unpaired) electrons. The van der Waals surface area contributed by atoms with Gasteiger partial charge in [0.25, 0.3) is 0 Å². The van der Waals surface area contributed by atoms with Gasteiger partial charge in [-0.15, -0.1) is 12.6 Å². The van der Waals surface area contributed by atoms with Crippen LogP contribution in [0.4, 0.5) is 5.69 Å². The van der Waals surface area contributed by atoms with Crippen molar-refractivity contribution in [1.29, 1.82) is 0 Å². The highest BCUT2D eigenvalue weighted by atomic mass is 32.1. The van der Waals surface area contributed by atoms with Crippen LogP contribution in [0.2, 0.25) is 0 Å². The van der Waals surface area contributed by atoms with Crippen LogP contribution in [0.5, 0.6) is 0 Å². The summed E-state index contributed by atoms with van der Waals surface area (Å²) < 4.78 is 12.0. The zero-order chi connectivity index (χ0) is 13.6. The molecule has 1 N–H and O–H groups in total. The summed E-state index contributed by atoms with van der Waals surface area (Å²) >= 11 is 4.45. The molecule has 0 aromatic heterocycles. The predicted octanol–water partition coefficient (Wildman–Crippen LogP) is 2.32. The second-order valence-corrected chi connectivity index (χ2v) is 6.10. The predicted molar refractivity (Wildman–Crippen MR) is 79.0 cm³/mol. The number of rotatable bonds is 2. The third-order valence-electron chi connectivity index (χ3n) is 3.82. The van der Waals surface area contributed by atoms with Gasteiger partial charge in [-0.25, -0.2) is 0 Å². The molecular formula is C13H20BNO2S. The average molecular weight is 265 g/mol. The highest BCUT2D eigenvalue weighted by Crippen LogP contribution is 2.36. The third-order valence-corrected chi connectivity index (χ3v) is 4.19. The molecule has 0 bridgehead atoms. The Kier molecular flexibility index (Phi) is 3.43. The van der Waals surface area contributed by atoms with E-state index in [1.165, 1.54) is 0 Å². The summed E-state index contributed by atoms with van der Waals surface area (Å²) in [5, 5.41) is 3.09. The molecule has 18 heavy (non-hydrogen) atoms. The first-order valence-corrected chi connectivity index (χ1v) is 6.58. The Bertz CT molecular complexity index is 446. The van der Waals surface area contributed by atoms with E-state index in [2.05, 4.69) is 45.6 Å². The van der Waals surface area contributed by atoms with Gasteiger partial charge in [0.05, 0.1) is 11.2 Å². The standard InChI is InChI=1S/C13H20BNO2S/c1-12(2)13(3,4)17-14(16-12)9-6-7-10(15-5)11(18)8-9/h6-8,15,18H,1-5H3. The quantitative estimate of drug-likeness (QED) is 0.635. The largest absolute Gasteiger partial charge is 0.494 e. The van der Waals surface area contributed by atoms with E-state index in [9.17, 15) is 0 Å². The van der Waals surface area contributed by atoms with Gasteiger partial charge in [-0.1, -0.05) is 6.07 Å². The molecule has 98 valence electrons. The molecule has 5 heteroatoms. The molecule has 1 aliphatic heterocycles. The monoisotopic (exact) mass is 265 g/mol. The number of thiol groups is 1. The van der Waals surface area contributed by atoms with Crippen molar-refractivity contribution in [3.05, 3.63) is 18.2 Å². The van der Waals surface area contributed by atoms with Gasteiger partial charge < -0.3 is 14.6 Å². The molecule has 1 saturated heterocycles. The Morgan fingerprint density at radius 3 is 2.11 bits per heavy atom. The molecule has 2 rings (SSSR count). The molecule has 1 aliphatic rings. The number of anilines is 1. The fourth-order valence-electron chi connectivity index (χ4n) is 1.89. The normalized spacial score (nSPS) is 21.1. The maximum Gasteiger partial charge on any atom is 0.494 e. The Morgan fingerprint density at radius 2 is 1.67 bits per heavy atom. The van der Waals surface area contributed by atoms with Crippen molar-refractivity contribution in [2.24, 2.45) is 0 Å². The van der Waals surface area contributed by atoms with E-state index in [1.54, 1.807) is 0 Å². The van der Waals surface area contributed by atoms with Crippen molar-refractivity contribution in [3.8, 4) is 0 Å². The van der Waals surface area contributed by atoms with Gasteiger partial charge in [0, 0.05) is 17.6 Å².